The standard InChI is InChI=1S/C11H12ClN5O/c1-7-3-4-8(5-9(7)12)13-11(18)6-10-14-15-16-17(10)2/h3-5H,6H2,1-2H3,(H,13,18). The number of rotatable bonds is 3. The summed E-state index contributed by atoms with van der Waals surface area (Å²) in [5, 5.41) is 14.2. The molecule has 0 unspecified atom stereocenters. The van der Waals surface area contributed by atoms with Gasteiger partial charge in [-0.25, -0.2) is 4.68 Å². The molecule has 1 aromatic heterocycles. The summed E-state index contributed by atoms with van der Waals surface area (Å²) in [5.41, 5.74) is 1.62. The Kier molecular flexibility index (Phi) is 3.57. The molecule has 0 saturated carbocycles. The molecule has 1 amide bonds. The Bertz CT molecular complexity index is 581. The Balaban J connectivity index is 2.03. The molecule has 0 atom stereocenters. The number of amides is 1. The van der Waals surface area contributed by atoms with E-state index in [0.717, 1.165) is 5.56 Å². The quantitative estimate of drug-likeness (QED) is 0.909. The molecule has 2 rings (SSSR count). The van der Waals surface area contributed by atoms with Crippen LogP contribution in [-0.2, 0) is 18.3 Å². The Labute approximate surface area is 109 Å². The first kappa shape index (κ1) is 12.5. The molecule has 1 heterocycles. The van der Waals surface area contributed by atoms with Gasteiger partial charge in [0.2, 0.25) is 5.91 Å². The lowest BCUT2D eigenvalue weighted by Gasteiger charge is -2.06. The molecule has 1 N–H and O–H groups in total. The maximum atomic E-state index is 11.8. The maximum absolute atomic E-state index is 11.8. The molecule has 0 radical (unpaired) electrons. The van der Waals surface area contributed by atoms with Crippen molar-refractivity contribution in [3.63, 3.8) is 0 Å². The summed E-state index contributed by atoms with van der Waals surface area (Å²) in [6.45, 7) is 1.90. The molecule has 0 fully saturated rings. The van der Waals surface area contributed by atoms with E-state index in [0.29, 0.717) is 16.5 Å². The van der Waals surface area contributed by atoms with Crippen LogP contribution >= 0.6 is 11.6 Å². The fourth-order valence-electron chi connectivity index (χ4n) is 1.42. The van der Waals surface area contributed by atoms with E-state index in [2.05, 4.69) is 20.8 Å². The van der Waals surface area contributed by atoms with Crippen LogP contribution in [0.1, 0.15) is 11.4 Å². The SMILES string of the molecule is Cc1ccc(NC(=O)Cc2nnnn2C)cc1Cl. The second-order valence-electron chi connectivity index (χ2n) is 3.91. The van der Waals surface area contributed by atoms with E-state index in [1.807, 2.05) is 13.0 Å². The third-order valence-electron chi connectivity index (χ3n) is 2.48. The fourth-order valence-corrected chi connectivity index (χ4v) is 1.60. The summed E-state index contributed by atoms with van der Waals surface area (Å²) < 4.78 is 1.46. The number of halogens is 1. The average molecular weight is 266 g/mol. The van der Waals surface area contributed by atoms with Gasteiger partial charge >= 0.3 is 0 Å². The Hall–Kier alpha value is -1.95. The van der Waals surface area contributed by atoms with Gasteiger partial charge in [0.05, 0.1) is 6.42 Å². The molecule has 0 bridgehead atoms. The largest absolute Gasteiger partial charge is 0.326 e. The van der Waals surface area contributed by atoms with Crippen molar-refractivity contribution in [2.45, 2.75) is 13.3 Å². The highest BCUT2D eigenvalue weighted by atomic mass is 35.5. The lowest BCUT2D eigenvalue weighted by molar-refractivity contribution is -0.115. The normalized spacial score (nSPS) is 10.4. The fraction of sp³-hybridized carbons (Fsp3) is 0.273. The van der Waals surface area contributed by atoms with Crippen LogP contribution in [0.2, 0.25) is 5.02 Å². The number of aromatic nitrogens is 4. The molecule has 1 aromatic carbocycles. The maximum Gasteiger partial charge on any atom is 0.232 e. The molecule has 0 aliphatic heterocycles. The van der Waals surface area contributed by atoms with Crippen molar-refractivity contribution in [3.8, 4) is 0 Å². The zero-order valence-corrected chi connectivity index (χ0v) is 10.8. The number of nitrogens with zero attached hydrogens (tertiary/aromatic N) is 4. The number of anilines is 1. The number of aryl methyl sites for hydroxylation is 2. The molecule has 94 valence electrons. The summed E-state index contributed by atoms with van der Waals surface area (Å²) in [5.74, 6) is 0.318. The van der Waals surface area contributed by atoms with Crippen molar-refractivity contribution in [2.24, 2.45) is 7.05 Å². The highest BCUT2D eigenvalue weighted by Crippen LogP contribution is 2.19. The lowest BCUT2D eigenvalue weighted by Crippen LogP contribution is -2.17. The topological polar surface area (TPSA) is 72.7 Å². The Morgan fingerprint density at radius 1 is 1.50 bits per heavy atom. The number of hydrogen-bond acceptors (Lipinski definition) is 4. The van der Waals surface area contributed by atoms with Gasteiger partial charge in [0.1, 0.15) is 0 Å². The smallest absolute Gasteiger partial charge is 0.232 e. The molecule has 18 heavy (non-hydrogen) atoms. The molecule has 7 heteroatoms. The highest BCUT2D eigenvalue weighted by molar-refractivity contribution is 6.31. The summed E-state index contributed by atoms with van der Waals surface area (Å²) in [7, 11) is 1.69. The van der Waals surface area contributed by atoms with E-state index in [-0.39, 0.29) is 12.3 Å². The van der Waals surface area contributed by atoms with Crippen LogP contribution in [0.3, 0.4) is 0 Å². The van der Waals surface area contributed by atoms with Gasteiger partial charge < -0.3 is 5.32 Å². The number of hydrogen-bond donors (Lipinski definition) is 1. The summed E-state index contributed by atoms with van der Waals surface area (Å²) in [6, 6.07) is 5.36. The Morgan fingerprint density at radius 3 is 2.89 bits per heavy atom. The molecule has 6 nitrogen and oxygen atoms in total. The third-order valence-corrected chi connectivity index (χ3v) is 2.89. The van der Waals surface area contributed by atoms with E-state index in [9.17, 15) is 4.79 Å². The van der Waals surface area contributed by atoms with E-state index >= 15 is 0 Å². The van der Waals surface area contributed by atoms with Crippen LogP contribution in [-0.4, -0.2) is 26.1 Å². The van der Waals surface area contributed by atoms with Gasteiger partial charge in [0.15, 0.2) is 5.82 Å². The number of carbonyl (C=O) groups excluding carboxylic acids is 1. The van der Waals surface area contributed by atoms with Crippen LogP contribution < -0.4 is 5.32 Å². The van der Waals surface area contributed by atoms with Crippen molar-refractivity contribution in [3.05, 3.63) is 34.6 Å². The molecular weight excluding hydrogens is 254 g/mol. The molecular formula is C11H12ClN5O. The minimum Gasteiger partial charge on any atom is -0.326 e. The van der Waals surface area contributed by atoms with Gasteiger partial charge in [-0.3, -0.25) is 4.79 Å². The molecule has 0 saturated heterocycles. The molecule has 0 aliphatic carbocycles. The first-order chi connectivity index (χ1) is 8.56. The monoisotopic (exact) mass is 265 g/mol. The first-order valence-electron chi connectivity index (χ1n) is 5.33. The van der Waals surface area contributed by atoms with Crippen LogP contribution in [0, 0.1) is 6.92 Å². The van der Waals surface area contributed by atoms with Crippen molar-refractivity contribution in [1.82, 2.24) is 20.2 Å². The van der Waals surface area contributed by atoms with E-state index in [1.165, 1.54) is 4.68 Å². The van der Waals surface area contributed by atoms with Gasteiger partial charge in [0, 0.05) is 17.8 Å². The van der Waals surface area contributed by atoms with Crippen LogP contribution in [0.5, 0.6) is 0 Å². The second kappa shape index (κ2) is 5.14. The van der Waals surface area contributed by atoms with Crippen molar-refractivity contribution >= 4 is 23.2 Å². The molecule has 2 aromatic rings. The van der Waals surface area contributed by atoms with Gasteiger partial charge in [-0.15, -0.1) is 5.10 Å². The first-order valence-corrected chi connectivity index (χ1v) is 5.71. The molecule has 0 spiro atoms. The number of benzene rings is 1. The highest BCUT2D eigenvalue weighted by Gasteiger charge is 2.09. The van der Waals surface area contributed by atoms with Crippen molar-refractivity contribution < 1.29 is 4.79 Å². The van der Waals surface area contributed by atoms with Crippen LogP contribution in [0.25, 0.3) is 0 Å². The minimum absolute atomic E-state index is 0.120. The van der Waals surface area contributed by atoms with Gasteiger partial charge in [-0.1, -0.05) is 17.7 Å². The van der Waals surface area contributed by atoms with Crippen molar-refractivity contribution in [1.29, 1.82) is 0 Å². The second-order valence-corrected chi connectivity index (χ2v) is 4.31. The molecule has 0 aliphatic rings. The van der Waals surface area contributed by atoms with Gasteiger partial charge in [0.25, 0.3) is 0 Å². The number of carbonyl (C=O) groups is 1. The summed E-state index contributed by atoms with van der Waals surface area (Å²) in [4.78, 5) is 11.8. The number of nitrogens with one attached hydrogen (secondary N) is 1. The van der Waals surface area contributed by atoms with Crippen molar-refractivity contribution in [2.75, 3.05) is 5.32 Å². The number of tetrazole rings is 1. The van der Waals surface area contributed by atoms with Gasteiger partial charge in [-0.2, -0.15) is 0 Å². The van der Waals surface area contributed by atoms with E-state index in [1.54, 1.807) is 19.2 Å². The van der Waals surface area contributed by atoms with Crippen LogP contribution in [0.4, 0.5) is 5.69 Å². The van der Waals surface area contributed by atoms with E-state index < -0.39 is 0 Å². The van der Waals surface area contributed by atoms with Crippen LogP contribution in [0.15, 0.2) is 18.2 Å². The Morgan fingerprint density at radius 2 is 2.28 bits per heavy atom. The lowest BCUT2D eigenvalue weighted by atomic mass is 10.2. The third kappa shape index (κ3) is 2.84. The van der Waals surface area contributed by atoms with E-state index in [4.69, 9.17) is 11.6 Å². The minimum atomic E-state index is -0.187. The summed E-state index contributed by atoms with van der Waals surface area (Å²) >= 11 is 5.98. The zero-order chi connectivity index (χ0) is 13.1. The zero-order valence-electron chi connectivity index (χ0n) is 10.0. The summed E-state index contributed by atoms with van der Waals surface area (Å²) in [6.07, 6.45) is 0.120. The average Bonchev–Trinajstić information content (AvgIpc) is 2.70. The predicted octanol–water partition coefficient (Wildman–Crippen LogP) is 1.35. The van der Waals surface area contributed by atoms with Gasteiger partial charge in [-0.05, 0) is 35.0 Å². The predicted molar refractivity (Wildman–Crippen MR) is 67.3 cm³/mol.